The number of anilines is 1. The molecule has 0 atom stereocenters. The predicted octanol–water partition coefficient (Wildman–Crippen LogP) is -1.24. The summed E-state index contributed by atoms with van der Waals surface area (Å²) in [4.78, 5) is 28.6. The number of aryl methyl sites for hydroxylation is 2. The van der Waals surface area contributed by atoms with E-state index < -0.39 is 11.2 Å². The van der Waals surface area contributed by atoms with Crippen LogP contribution >= 0.6 is 0 Å². The van der Waals surface area contributed by atoms with E-state index in [1.54, 1.807) is 14.2 Å². The Morgan fingerprint density at radius 2 is 2.00 bits per heavy atom. The lowest BCUT2D eigenvalue weighted by atomic mass is 10.4. The van der Waals surface area contributed by atoms with Crippen molar-refractivity contribution < 1.29 is 4.74 Å². The number of hydrazine groups is 1. The van der Waals surface area contributed by atoms with Crippen LogP contribution in [0.1, 0.15) is 6.42 Å². The molecule has 0 aliphatic carbocycles. The number of nitrogens with two attached hydrogens (primary N) is 1. The molecule has 110 valence electrons. The Hall–Kier alpha value is -2.13. The lowest BCUT2D eigenvalue weighted by Gasteiger charge is -2.08. The zero-order chi connectivity index (χ0) is 14.9. The molecule has 9 heteroatoms. The first-order chi connectivity index (χ1) is 9.52. The van der Waals surface area contributed by atoms with Gasteiger partial charge in [-0.3, -0.25) is 19.4 Å². The number of nitrogens with zero attached hydrogens (tertiary/aromatic N) is 4. The molecular weight excluding hydrogens is 264 g/mol. The number of imidazole rings is 1. The molecule has 0 fully saturated rings. The molecule has 0 aliphatic heterocycles. The first-order valence-corrected chi connectivity index (χ1v) is 6.14. The van der Waals surface area contributed by atoms with Gasteiger partial charge in [0.15, 0.2) is 11.2 Å². The van der Waals surface area contributed by atoms with Crippen molar-refractivity contribution in [2.45, 2.75) is 13.0 Å². The van der Waals surface area contributed by atoms with E-state index in [2.05, 4.69) is 10.4 Å². The van der Waals surface area contributed by atoms with Gasteiger partial charge in [0.2, 0.25) is 5.95 Å². The fourth-order valence-electron chi connectivity index (χ4n) is 2.13. The van der Waals surface area contributed by atoms with Crippen molar-refractivity contribution in [2.75, 3.05) is 19.1 Å². The molecule has 3 N–H and O–H groups in total. The maximum Gasteiger partial charge on any atom is 0.332 e. The molecule has 9 nitrogen and oxygen atoms in total. The number of rotatable bonds is 5. The lowest BCUT2D eigenvalue weighted by molar-refractivity contribution is 0.190. The van der Waals surface area contributed by atoms with E-state index in [1.807, 2.05) is 0 Å². The fourth-order valence-corrected chi connectivity index (χ4v) is 2.13. The van der Waals surface area contributed by atoms with Gasteiger partial charge in [-0.25, -0.2) is 10.6 Å². The maximum absolute atomic E-state index is 12.2. The van der Waals surface area contributed by atoms with Crippen molar-refractivity contribution in [3.63, 3.8) is 0 Å². The first kappa shape index (κ1) is 14.3. The van der Waals surface area contributed by atoms with Crippen molar-refractivity contribution in [3.05, 3.63) is 20.8 Å². The van der Waals surface area contributed by atoms with Gasteiger partial charge in [0.25, 0.3) is 5.56 Å². The average Bonchev–Trinajstić information content (AvgIpc) is 2.77. The van der Waals surface area contributed by atoms with Crippen LogP contribution in [0.15, 0.2) is 9.59 Å². The molecule has 2 rings (SSSR count). The van der Waals surface area contributed by atoms with E-state index >= 15 is 0 Å². The number of hydrogen-bond acceptors (Lipinski definition) is 6. The highest BCUT2D eigenvalue weighted by Gasteiger charge is 2.17. The third-order valence-corrected chi connectivity index (χ3v) is 3.22. The number of methoxy groups -OCH3 is 1. The summed E-state index contributed by atoms with van der Waals surface area (Å²) in [5, 5.41) is 0. The Morgan fingerprint density at radius 3 is 2.60 bits per heavy atom. The molecule has 0 bridgehead atoms. The van der Waals surface area contributed by atoms with Crippen molar-refractivity contribution in [1.82, 2.24) is 18.7 Å². The summed E-state index contributed by atoms with van der Waals surface area (Å²) in [6, 6.07) is 0. The Balaban J connectivity index is 2.72. The van der Waals surface area contributed by atoms with E-state index in [4.69, 9.17) is 10.6 Å². The van der Waals surface area contributed by atoms with Crippen molar-refractivity contribution in [3.8, 4) is 0 Å². The van der Waals surface area contributed by atoms with Crippen LogP contribution in [0.2, 0.25) is 0 Å². The second-order valence-corrected chi connectivity index (χ2v) is 4.46. The fraction of sp³-hybridized carbons (Fsp3) is 0.545. The molecule has 0 aromatic carbocycles. The summed E-state index contributed by atoms with van der Waals surface area (Å²) in [5.74, 6) is 5.69. The van der Waals surface area contributed by atoms with Crippen LogP contribution in [0.5, 0.6) is 0 Å². The normalized spacial score (nSPS) is 11.2. The zero-order valence-corrected chi connectivity index (χ0v) is 11.7. The van der Waals surface area contributed by atoms with Crippen molar-refractivity contribution in [1.29, 1.82) is 0 Å². The monoisotopic (exact) mass is 282 g/mol. The van der Waals surface area contributed by atoms with Gasteiger partial charge in [0.1, 0.15) is 0 Å². The second-order valence-electron chi connectivity index (χ2n) is 4.46. The van der Waals surface area contributed by atoms with E-state index in [9.17, 15) is 9.59 Å². The van der Waals surface area contributed by atoms with Gasteiger partial charge in [0.05, 0.1) is 0 Å². The van der Waals surface area contributed by atoms with E-state index in [1.165, 1.54) is 16.2 Å². The van der Waals surface area contributed by atoms with Crippen LogP contribution < -0.4 is 22.5 Å². The SMILES string of the molecule is COCCCn1c(=O)n(C)c(=O)c2c1nc(NN)n2C. The molecule has 0 saturated heterocycles. The lowest BCUT2D eigenvalue weighted by Crippen LogP contribution is -2.38. The maximum atomic E-state index is 12.2. The number of aromatic nitrogens is 4. The second kappa shape index (κ2) is 5.47. The summed E-state index contributed by atoms with van der Waals surface area (Å²) in [6.07, 6.45) is 0.645. The van der Waals surface area contributed by atoms with Gasteiger partial charge in [-0.15, -0.1) is 0 Å². The first-order valence-electron chi connectivity index (χ1n) is 6.14. The van der Waals surface area contributed by atoms with E-state index in [0.717, 1.165) is 4.57 Å². The van der Waals surface area contributed by atoms with Gasteiger partial charge in [0, 0.05) is 34.4 Å². The van der Waals surface area contributed by atoms with E-state index in [0.29, 0.717) is 36.7 Å². The number of nitrogens with one attached hydrogen (secondary N) is 1. The molecule has 0 spiro atoms. The largest absolute Gasteiger partial charge is 0.385 e. The third-order valence-electron chi connectivity index (χ3n) is 3.22. The molecule has 2 aromatic heterocycles. The van der Waals surface area contributed by atoms with Crippen LogP contribution in [0, 0.1) is 0 Å². The van der Waals surface area contributed by atoms with Crippen LogP contribution in [0.4, 0.5) is 5.95 Å². The minimum atomic E-state index is -0.403. The quantitative estimate of drug-likeness (QED) is 0.403. The molecular formula is C11H18N6O3. The Bertz CT molecular complexity index is 741. The van der Waals surface area contributed by atoms with Gasteiger partial charge in [-0.1, -0.05) is 0 Å². The third kappa shape index (κ3) is 2.10. The summed E-state index contributed by atoms with van der Waals surface area (Å²) in [6.45, 7) is 0.934. The van der Waals surface area contributed by atoms with Crippen LogP contribution in [-0.4, -0.2) is 32.4 Å². The van der Waals surface area contributed by atoms with Gasteiger partial charge >= 0.3 is 5.69 Å². The van der Waals surface area contributed by atoms with Gasteiger partial charge in [-0.05, 0) is 6.42 Å². The topological polar surface area (TPSA) is 109 Å². The number of ether oxygens (including phenoxy) is 1. The van der Waals surface area contributed by atoms with Crippen molar-refractivity contribution in [2.24, 2.45) is 19.9 Å². The van der Waals surface area contributed by atoms with Gasteiger partial charge in [-0.2, -0.15) is 4.98 Å². The molecule has 0 saturated carbocycles. The molecule has 0 unspecified atom stereocenters. The molecule has 0 amide bonds. The average molecular weight is 282 g/mol. The minimum absolute atomic E-state index is 0.322. The standard InChI is InChI=1S/C11H18N6O3/c1-15-7-8(13-10(15)14-12)17(5-4-6-20-3)11(19)16(2)9(7)18/h4-6,12H2,1-3H3,(H,13,14). The van der Waals surface area contributed by atoms with Crippen LogP contribution in [0.25, 0.3) is 11.2 Å². The number of hydrogen-bond donors (Lipinski definition) is 2. The highest BCUT2D eigenvalue weighted by molar-refractivity contribution is 5.74. The highest BCUT2D eigenvalue weighted by Crippen LogP contribution is 2.12. The van der Waals surface area contributed by atoms with E-state index in [-0.39, 0.29) is 0 Å². The van der Waals surface area contributed by atoms with Crippen LogP contribution in [0.3, 0.4) is 0 Å². The Labute approximate surface area is 114 Å². The molecule has 0 radical (unpaired) electrons. The summed E-state index contributed by atoms with van der Waals surface area (Å²) in [5.41, 5.74) is 2.26. The number of nitrogen functional groups attached to an aromatic ring is 1. The number of fused-ring (bicyclic) bond motifs is 1. The molecule has 2 heterocycles. The predicted molar refractivity (Wildman–Crippen MR) is 74.5 cm³/mol. The Morgan fingerprint density at radius 1 is 1.30 bits per heavy atom. The Kier molecular flexibility index (Phi) is 3.91. The highest BCUT2D eigenvalue weighted by atomic mass is 16.5. The molecule has 2 aromatic rings. The minimum Gasteiger partial charge on any atom is -0.385 e. The van der Waals surface area contributed by atoms with Crippen molar-refractivity contribution >= 4 is 17.1 Å². The summed E-state index contributed by atoms with van der Waals surface area (Å²) in [7, 11) is 4.70. The summed E-state index contributed by atoms with van der Waals surface area (Å²) < 4.78 is 9.03. The zero-order valence-electron chi connectivity index (χ0n) is 11.7. The van der Waals surface area contributed by atoms with Crippen LogP contribution in [-0.2, 0) is 25.4 Å². The summed E-state index contributed by atoms with van der Waals surface area (Å²) >= 11 is 0. The van der Waals surface area contributed by atoms with Gasteiger partial charge < -0.3 is 9.30 Å². The molecule has 20 heavy (non-hydrogen) atoms. The molecule has 0 aliphatic rings. The smallest absolute Gasteiger partial charge is 0.332 e.